The molecule has 0 aliphatic carbocycles. The SMILES string of the molecule is CCN1CCCC(Cc2ncc3ccc(O)cn23)C1. The zero-order chi connectivity index (χ0) is 13.2. The summed E-state index contributed by atoms with van der Waals surface area (Å²) in [5, 5.41) is 9.60. The fourth-order valence-electron chi connectivity index (χ4n) is 3.05. The molecule has 0 amide bonds. The van der Waals surface area contributed by atoms with E-state index in [1.165, 1.54) is 25.9 Å². The Balaban J connectivity index is 1.79. The summed E-state index contributed by atoms with van der Waals surface area (Å²) in [6.07, 6.45) is 7.21. The van der Waals surface area contributed by atoms with Crippen molar-refractivity contribution < 1.29 is 5.11 Å². The molecule has 1 saturated heterocycles. The van der Waals surface area contributed by atoms with Crippen LogP contribution in [-0.2, 0) is 6.42 Å². The van der Waals surface area contributed by atoms with Crippen molar-refractivity contribution in [2.24, 2.45) is 5.92 Å². The van der Waals surface area contributed by atoms with Crippen LogP contribution in [0.25, 0.3) is 5.52 Å². The monoisotopic (exact) mass is 259 g/mol. The molecule has 102 valence electrons. The topological polar surface area (TPSA) is 40.8 Å². The summed E-state index contributed by atoms with van der Waals surface area (Å²) in [7, 11) is 0. The van der Waals surface area contributed by atoms with Crippen molar-refractivity contribution >= 4 is 5.52 Å². The van der Waals surface area contributed by atoms with Gasteiger partial charge in [-0.3, -0.25) is 0 Å². The Hall–Kier alpha value is -1.55. The predicted octanol–water partition coefficient (Wildman–Crippen LogP) is 2.31. The minimum absolute atomic E-state index is 0.297. The van der Waals surface area contributed by atoms with Gasteiger partial charge in [0.15, 0.2) is 0 Å². The van der Waals surface area contributed by atoms with Gasteiger partial charge in [-0.1, -0.05) is 6.92 Å². The Bertz CT molecular complexity index is 564. The van der Waals surface area contributed by atoms with Crippen LogP contribution in [0.4, 0.5) is 0 Å². The fourth-order valence-corrected chi connectivity index (χ4v) is 3.05. The Morgan fingerprint density at radius 2 is 2.32 bits per heavy atom. The largest absolute Gasteiger partial charge is 0.506 e. The van der Waals surface area contributed by atoms with Gasteiger partial charge in [-0.15, -0.1) is 0 Å². The first-order valence-corrected chi connectivity index (χ1v) is 7.13. The molecule has 19 heavy (non-hydrogen) atoms. The molecule has 1 N–H and O–H groups in total. The summed E-state index contributed by atoms with van der Waals surface area (Å²) in [6, 6.07) is 3.62. The van der Waals surface area contributed by atoms with Crippen molar-refractivity contribution in [3.05, 3.63) is 30.4 Å². The van der Waals surface area contributed by atoms with Crippen LogP contribution in [0.1, 0.15) is 25.6 Å². The number of hydrogen-bond donors (Lipinski definition) is 1. The minimum atomic E-state index is 0.297. The van der Waals surface area contributed by atoms with Gasteiger partial charge in [-0.25, -0.2) is 4.98 Å². The lowest BCUT2D eigenvalue weighted by molar-refractivity contribution is 0.180. The van der Waals surface area contributed by atoms with E-state index in [9.17, 15) is 5.11 Å². The highest BCUT2D eigenvalue weighted by Gasteiger charge is 2.20. The number of nitrogens with zero attached hydrogens (tertiary/aromatic N) is 3. The third-order valence-electron chi connectivity index (χ3n) is 4.11. The summed E-state index contributed by atoms with van der Waals surface area (Å²) >= 11 is 0. The minimum Gasteiger partial charge on any atom is -0.506 e. The molecule has 3 heterocycles. The van der Waals surface area contributed by atoms with Crippen molar-refractivity contribution in [1.82, 2.24) is 14.3 Å². The van der Waals surface area contributed by atoms with Crippen molar-refractivity contribution in [3.63, 3.8) is 0 Å². The molecule has 3 rings (SSSR count). The number of piperidine rings is 1. The first-order chi connectivity index (χ1) is 9.26. The zero-order valence-electron chi connectivity index (χ0n) is 11.4. The lowest BCUT2D eigenvalue weighted by Gasteiger charge is -2.31. The van der Waals surface area contributed by atoms with E-state index in [2.05, 4.69) is 16.8 Å². The van der Waals surface area contributed by atoms with Crippen LogP contribution in [0, 0.1) is 5.92 Å². The molecule has 0 bridgehead atoms. The van der Waals surface area contributed by atoms with Crippen LogP contribution < -0.4 is 0 Å². The van der Waals surface area contributed by atoms with Gasteiger partial charge in [0, 0.05) is 13.0 Å². The van der Waals surface area contributed by atoms with E-state index in [4.69, 9.17) is 0 Å². The van der Waals surface area contributed by atoms with Crippen molar-refractivity contribution in [3.8, 4) is 5.75 Å². The molecule has 0 aromatic carbocycles. The maximum Gasteiger partial charge on any atom is 0.132 e. The maximum absolute atomic E-state index is 9.60. The molecule has 1 aliphatic heterocycles. The summed E-state index contributed by atoms with van der Waals surface area (Å²) < 4.78 is 2.01. The average molecular weight is 259 g/mol. The van der Waals surface area contributed by atoms with Gasteiger partial charge in [0.2, 0.25) is 0 Å². The molecule has 4 heteroatoms. The molecular formula is C15H21N3O. The molecule has 1 fully saturated rings. The standard InChI is InChI=1S/C15H21N3O/c1-2-17-7-3-4-12(10-17)8-15-16-9-13-5-6-14(19)11-18(13)15/h5-6,9,11-12,19H,2-4,7-8,10H2,1H3. The third kappa shape index (κ3) is 2.59. The van der Waals surface area contributed by atoms with Crippen LogP contribution >= 0.6 is 0 Å². The molecule has 4 nitrogen and oxygen atoms in total. The number of hydrogen-bond acceptors (Lipinski definition) is 3. The van der Waals surface area contributed by atoms with E-state index >= 15 is 0 Å². The second-order valence-electron chi connectivity index (χ2n) is 5.46. The molecule has 2 aromatic heterocycles. The Kier molecular flexibility index (Phi) is 3.42. The highest BCUT2D eigenvalue weighted by atomic mass is 16.3. The number of rotatable bonds is 3. The number of likely N-dealkylation sites (tertiary alicyclic amines) is 1. The second-order valence-corrected chi connectivity index (χ2v) is 5.46. The summed E-state index contributed by atoms with van der Waals surface area (Å²) in [6.45, 7) is 5.77. The number of aromatic nitrogens is 2. The lowest BCUT2D eigenvalue weighted by atomic mass is 9.94. The summed E-state index contributed by atoms with van der Waals surface area (Å²) in [5.41, 5.74) is 1.05. The van der Waals surface area contributed by atoms with E-state index in [1.54, 1.807) is 12.3 Å². The van der Waals surface area contributed by atoms with Crippen LogP contribution in [0.2, 0.25) is 0 Å². The molecule has 0 radical (unpaired) electrons. The van der Waals surface area contributed by atoms with Crippen molar-refractivity contribution in [1.29, 1.82) is 0 Å². The van der Waals surface area contributed by atoms with Crippen LogP contribution in [0.3, 0.4) is 0 Å². The highest BCUT2D eigenvalue weighted by Crippen LogP contribution is 2.21. The molecular weight excluding hydrogens is 238 g/mol. The normalized spacial score (nSPS) is 21.0. The molecule has 1 aliphatic rings. The van der Waals surface area contributed by atoms with Crippen LogP contribution in [0.15, 0.2) is 24.5 Å². The molecule has 0 spiro atoms. The van der Waals surface area contributed by atoms with Crippen LogP contribution in [0.5, 0.6) is 5.75 Å². The molecule has 1 atom stereocenters. The van der Waals surface area contributed by atoms with Crippen LogP contribution in [-0.4, -0.2) is 39.0 Å². The average Bonchev–Trinajstić information content (AvgIpc) is 2.81. The van der Waals surface area contributed by atoms with Gasteiger partial charge < -0.3 is 14.4 Å². The van der Waals surface area contributed by atoms with E-state index < -0.39 is 0 Å². The van der Waals surface area contributed by atoms with Crippen molar-refractivity contribution in [2.45, 2.75) is 26.2 Å². The Labute approximate surface area is 113 Å². The lowest BCUT2D eigenvalue weighted by Crippen LogP contribution is -2.36. The Morgan fingerprint density at radius 1 is 1.42 bits per heavy atom. The Morgan fingerprint density at radius 3 is 3.16 bits per heavy atom. The van der Waals surface area contributed by atoms with Crippen molar-refractivity contribution in [2.75, 3.05) is 19.6 Å². The number of aromatic hydroxyl groups is 1. The maximum atomic E-state index is 9.60. The summed E-state index contributed by atoms with van der Waals surface area (Å²) in [4.78, 5) is 7.03. The smallest absolute Gasteiger partial charge is 0.132 e. The quantitative estimate of drug-likeness (QED) is 0.919. The first-order valence-electron chi connectivity index (χ1n) is 7.13. The second kappa shape index (κ2) is 5.21. The third-order valence-corrected chi connectivity index (χ3v) is 4.11. The van der Waals surface area contributed by atoms with Gasteiger partial charge in [0.05, 0.1) is 17.9 Å². The molecule has 0 saturated carbocycles. The molecule has 1 unspecified atom stereocenters. The van der Waals surface area contributed by atoms with Gasteiger partial charge in [0.1, 0.15) is 11.6 Å². The van der Waals surface area contributed by atoms with Gasteiger partial charge in [-0.2, -0.15) is 0 Å². The summed E-state index contributed by atoms with van der Waals surface area (Å²) in [5.74, 6) is 2.04. The first kappa shape index (κ1) is 12.5. The molecule has 2 aromatic rings. The van der Waals surface area contributed by atoms with E-state index in [0.29, 0.717) is 11.7 Å². The van der Waals surface area contributed by atoms with E-state index in [1.807, 2.05) is 16.7 Å². The highest BCUT2D eigenvalue weighted by molar-refractivity contribution is 5.48. The predicted molar refractivity (Wildman–Crippen MR) is 75.4 cm³/mol. The van der Waals surface area contributed by atoms with Gasteiger partial charge >= 0.3 is 0 Å². The van der Waals surface area contributed by atoms with E-state index in [-0.39, 0.29) is 0 Å². The number of pyridine rings is 1. The van der Waals surface area contributed by atoms with E-state index in [0.717, 1.165) is 24.3 Å². The zero-order valence-corrected chi connectivity index (χ0v) is 11.4. The number of imidazole rings is 1. The van der Waals surface area contributed by atoms with Gasteiger partial charge in [-0.05, 0) is 44.0 Å². The van der Waals surface area contributed by atoms with Gasteiger partial charge in [0.25, 0.3) is 0 Å². The number of fused-ring (bicyclic) bond motifs is 1. The fraction of sp³-hybridized carbons (Fsp3) is 0.533.